The van der Waals surface area contributed by atoms with Crippen LogP contribution in [0.5, 0.6) is 5.75 Å². The van der Waals surface area contributed by atoms with Crippen LogP contribution >= 0.6 is 0 Å². The van der Waals surface area contributed by atoms with E-state index in [1.54, 1.807) is 24.3 Å². The van der Waals surface area contributed by atoms with E-state index in [9.17, 15) is 9.18 Å². The number of methoxy groups -OCH3 is 2. The molecule has 0 saturated heterocycles. The van der Waals surface area contributed by atoms with Crippen LogP contribution in [0.1, 0.15) is 21.5 Å². The second-order valence-electron chi connectivity index (χ2n) is 4.85. The topological polar surface area (TPSA) is 61.5 Å². The van der Waals surface area contributed by atoms with Crippen LogP contribution in [0.25, 0.3) is 0 Å². The fraction of sp³-hybridized carbons (Fsp3) is 0.235. The molecule has 0 spiro atoms. The molecule has 2 aromatic rings. The molecule has 0 aliphatic rings. The van der Waals surface area contributed by atoms with Crippen LogP contribution in [0, 0.1) is 5.82 Å². The Hall–Kier alpha value is -2.56. The number of carbonyl (C=O) groups is 1. The normalized spacial score (nSPS) is 10.3. The smallest absolute Gasteiger partial charge is 0.344 e. The number of carbonyl (C=O) groups excluding carboxylic acids is 1. The fourth-order valence-corrected chi connectivity index (χ4v) is 2.22. The summed E-state index contributed by atoms with van der Waals surface area (Å²) < 4.78 is 24.2. The molecule has 0 aliphatic carbocycles. The maximum absolute atomic E-state index is 14.5. The molecule has 4 nitrogen and oxygen atoms in total. The van der Waals surface area contributed by atoms with E-state index in [1.807, 2.05) is 12.1 Å². The lowest BCUT2D eigenvalue weighted by molar-refractivity contribution is 0.0591. The first-order chi connectivity index (χ1) is 10.6. The van der Waals surface area contributed by atoms with Gasteiger partial charge in [-0.15, -0.1) is 0 Å². The molecule has 2 rings (SSSR count). The largest absolute Gasteiger partial charge is 0.496 e. The van der Waals surface area contributed by atoms with Gasteiger partial charge in [0.25, 0.3) is 0 Å². The van der Waals surface area contributed by atoms with E-state index in [-0.39, 0.29) is 11.3 Å². The third-order valence-corrected chi connectivity index (χ3v) is 3.46. The van der Waals surface area contributed by atoms with Crippen LogP contribution < -0.4 is 10.5 Å². The maximum Gasteiger partial charge on any atom is 0.344 e. The third kappa shape index (κ3) is 3.36. The summed E-state index contributed by atoms with van der Waals surface area (Å²) in [7, 11) is 2.59. The average molecular weight is 303 g/mol. The minimum atomic E-state index is -0.747. The molecule has 2 N–H and O–H groups in total. The molecule has 22 heavy (non-hydrogen) atoms. The molecule has 0 radical (unpaired) electrons. The van der Waals surface area contributed by atoms with Crippen LogP contribution in [0.2, 0.25) is 0 Å². The SMILES string of the molecule is COC(=O)c1c(OC)ccc(CCc2ccc(N)cc2)c1F. The number of halogens is 1. The lowest BCUT2D eigenvalue weighted by atomic mass is 10.0. The van der Waals surface area contributed by atoms with Gasteiger partial charge in [-0.2, -0.15) is 0 Å². The van der Waals surface area contributed by atoms with Crippen LogP contribution in [0.4, 0.5) is 10.1 Å². The molecule has 0 aliphatic heterocycles. The molecule has 2 aromatic carbocycles. The van der Waals surface area contributed by atoms with E-state index in [1.165, 1.54) is 14.2 Å². The van der Waals surface area contributed by atoms with Crippen LogP contribution in [0.3, 0.4) is 0 Å². The highest BCUT2D eigenvalue weighted by atomic mass is 19.1. The molecular formula is C17H18FNO3. The van der Waals surface area contributed by atoms with Gasteiger partial charge in [-0.05, 0) is 42.2 Å². The quantitative estimate of drug-likeness (QED) is 0.681. The minimum Gasteiger partial charge on any atom is -0.496 e. The Labute approximate surface area is 128 Å². The molecule has 0 amide bonds. The Bertz CT molecular complexity index is 668. The monoisotopic (exact) mass is 303 g/mol. The standard InChI is InChI=1S/C17H18FNO3/c1-21-14-10-7-12(16(18)15(14)17(20)22-2)6-3-11-4-8-13(19)9-5-11/h4-5,7-10H,3,6,19H2,1-2H3. The number of anilines is 1. The third-order valence-electron chi connectivity index (χ3n) is 3.46. The summed E-state index contributed by atoms with van der Waals surface area (Å²) in [5, 5.41) is 0. The zero-order valence-corrected chi connectivity index (χ0v) is 12.6. The number of ether oxygens (including phenoxy) is 2. The van der Waals surface area contributed by atoms with E-state index in [0.29, 0.717) is 24.1 Å². The second kappa shape index (κ2) is 6.93. The number of nitrogens with two attached hydrogens (primary N) is 1. The minimum absolute atomic E-state index is 0.167. The van der Waals surface area contributed by atoms with Gasteiger partial charge in [0, 0.05) is 5.69 Å². The molecule has 0 bridgehead atoms. The summed E-state index contributed by atoms with van der Waals surface area (Å²) in [6.45, 7) is 0. The Morgan fingerprint density at radius 2 is 1.77 bits per heavy atom. The number of esters is 1. The summed E-state index contributed by atoms with van der Waals surface area (Å²) in [5.74, 6) is -1.18. The van der Waals surface area contributed by atoms with Gasteiger partial charge in [0.1, 0.15) is 17.1 Å². The van der Waals surface area contributed by atoms with Crippen molar-refractivity contribution in [1.29, 1.82) is 0 Å². The first-order valence-corrected chi connectivity index (χ1v) is 6.85. The van der Waals surface area contributed by atoms with Gasteiger partial charge < -0.3 is 15.2 Å². The van der Waals surface area contributed by atoms with Crippen molar-refractivity contribution in [2.24, 2.45) is 0 Å². The van der Waals surface area contributed by atoms with Crippen LogP contribution in [0.15, 0.2) is 36.4 Å². The summed E-state index contributed by atoms with van der Waals surface area (Å²) in [6, 6.07) is 10.6. The van der Waals surface area contributed by atoms with E-state index in [0.717, 1.165) is 5.56 Å². The average Bonchev–Trinajstić information content (AvgIpc) is 2.54. The van der Waals surface area contributed by atoms with E-state index in [2.05, 4.69) is 4.74 Å². The van der Waals surface area contributed by atoms with Crippen molar-refractivity contribution in [3.8, 4) is 5.75 Å². The first kappa shape index (κ1) is 15.8. The maximum atomic E-state index is 14.5. The number of nitrogen functional groups attached to an aromatic ring is 1. The summed E-state index contributed by atoms with van der Waals surface area (Å²) in [5.41, 5.74) is 7.64. The van der Waals surface area contributed by atoms with Crippen molar-refractivity contribution < 1.29 is 18.7 Å². The van der Waals surface area contributed by atoms with Crippen LogP contribution in [-0.4, -0.2) is 20.2 Å². The molecule has 116 valence electrons. The summed E-state index contributed by atoms with van der Waals surface area (Å²) in [6.07, 6.45) is 1.11. The molecule has 0 atom stereocenters. The Kier molecular flexibility index (Phi) is 4.99. The molecular weight excluding hydrogens is 285 g/mol. The van der Waals surface area contributed by atoms with Gasteiger partial charge in [-0.1, -0.05) is 18.2 Å². The van der Waals surface area contributed by atoms with Gasteiger partial charge in [-0.3, -0.25) is 0 Å². The Morgan fingerprint density at radius 1 is 1.09 bits per heavy atom. The van der Waals surface area contributed by atoms with Gasteiger partial charge in [0.15, 0.2) is 0 Å². The lowest BCUT2D eigenvalue weighted by Gasteiger charge is -2.11. The predicted octanol–water partition coefficient (Wildman–Crippen LogP) is 2.99. The van der Waals surface area contributed by atoms with E-state index >= 15 is 0 Å². The van der Waals surface area contributed by atoms with E-state index in [4.69, 9.17) is 10.5 Å². The molecule has 0 fully saturated rings. The highest BCUT2D eigenvalue weighted by molar-refractivity contribution is 5.93. The van der Waals surface area contributed by atoms with Crippen molar-refractivity contribution in [1.82, 2.24) is 0 Å². The molecule has 0 unspecified atom stereocenters. The van der Waals surface area contributed by atoms with E-state index < -0.39 is 11.8 Å². The highest BCUT2D eigenvalue weighted by Gasteiger charge is 2.21. The Balaban J connectivity index is 2.24. The van der Waals surface area contributed by atoms with Crippen molar-refractivity contribution in [3.05, 3.63) is 58.9 Å². The highest BCUT2D eigenvalue weighted by Crippen LogP contribution is 2.26. The molecule has 0 aromatic heterocycles. The number of aryl methyl sites for hydroxylation is 2. The van der Waals surface area contributed by atoms with Crippen molar-refractivity contribution >= 4 is 11.7 Å². The van der Waals surface area contributed by atoms with Gasteiger partial charge >= 0.3 is 5.97 Å². The first-order valence-electron chi connectivity index (χ1n) is 6.85. The molecule has 0 heterocycles. The lowest BCUT2D eigenvalue weighted by Crippen LogP contribution is -2.10. The second-order valence-corrected chi connectivity index (χ2v) is 4.85. The Morgan fingerprint density at radius 3 is 2.36 bits per heavy atom. The molecule has 5 heteroatoms. The summed E-state index contributed by atoms with van der Waals surface area (Å²) >= 11 is 0. The molecule has 0 saturated carbocycles. The fourth-order valence-electron chi connectivity index (χ4n) is 2.22. The van der Waals surface area contributed by atoms with Crippen molar-refractivity contribution in [3.63, 3.8) is 0 Å². The van der Waals surface area contributed by atoms with Crippen molar-refractivity contribution in [2.75, 3.05) is 20.0 Å². The number of benzene rings is 2. The zero-order valence-electron chi connectivity index (χ0n) is 12.6. The number of hydrogen-bond acceptors (Lipinski definition) is 4. The number of rotatable bonds is 5. The van der Waals surface area contributed by atoms with Crippen molar-refractivity contribution in [2.45, 2.75) is 12.8 Å². The van der Waals surface area contributed by atoms with Crippen LogP contribution in [-0.2, 0) is 17.6 Å². The summed E-state index contributed by atoms with van der Waals surface area (Å²) in [4.78, 5) is 11.7. The predicted molar refractivity (Wildman–Crippen MR) is 82.6 cm³/mol. The van der Waals surface area contributed by atoms with Gasteiger partial charge in [0.05, 0.1) is 14.2 Å². The van der Waals surface area contributed by atoms with Gasteiger partial charge in [-0.25, -0.2) is 9.18 Å². The van der Waals surface area contributed by atoms with Gasteiger partial charge in [0.2, 0.25) is 0 Å². The number of hydrogen-bond donors (Lipinski definition) is 1. The zero-order chi connectivity index (χ0) is 16.1.